The summed E-state index contributed by atoms with van der Waals surface area (Å²) in [6, 6.07) is -0.736. The van der Waals surface area contributed by atoms with Crippen LogP contribution in [0.3, 0.4) is 0 Å². The Hall–Kier alpha value is -2.71. The number of rotatable bonds is 33. The lowest BCUT2D eigenvalue weighted by atomic mass is 10.1. The molecule has 0 aliphatic rings. The highest BCUT2D eigenvalue weighted by Gasteiger charge is 2.25. The highest BCUT2D eigenvalue weighted by atomic mass is 16.6. The molecule has 8 nitrogen and oxygen atoms in total. The van der Waals surface area contributed by atoms with Crippen LogP contribution in [0.25, 0.3) is 0 Å². The third kappa shape index (κ3) is 31.0. The maximum atomic E-state index is 12.6. The van der Waals surface area contributed by atoms with Crippen LogP contribution in [-0.4, -0.2) is 75.5 Å². The Morgan fingerprint density at radius 1 is 0.633 bits per heavy atom. The molecule has 0 amide bonds. The lowest BCUT2D eigenvalue weighted by Gasteiger charge is -2.34. The van der Waals surface area contributed by atoms with Crippen molar-refractivity contribution in [2.45, 2.75) is 154 Å². The minimum Gasteiger partial charge on any atom is -0.544 e. The van der Waals surface area contributed by atoms with Crippen molar-refractivity contribution in [3.63, 3.8) is 0 Å². The molecule has 0 fully saturated rings. The number of aliphatic carboxylic acids is 1. The summed E-state index contributed by atoms with van der Waals surface area (Å²) in [5.74, 6) is -1.85. The Balaban J connectivity index is 4.54. The maximum absolute atomic E-state index is 12.6. The molecule has 0 spiro atoms. The summed E-state index contributed by atoms with van der Waals surface area (Å²) >= 11 is 0. The number of hydrogen-bond donors (Lipinski definition) is 0. The number of quaternary nitrogens is 1. The molecule has 2 unspecified atom stereocenters. The van der Waals surface area contributed by atoms with Gasteiger partial charge in [0.15, 0.2) is 6.10 Å². The SMILES string of the molecule is CC/C=C/C/C=C/CCCCCCCC(=O)OCC(COCCC(C(=O)[O-])[N+](C)(C)C)OC(=O)CC/C=C/C/C=C/CCCCCCCC. The van der Waals surface area contributed by atoms with Crippen molar-refractivity contribution in [3.8, 4) is 0 Å². The molecule has 0 aliphatic heterocycles. The number of carboxylic acid groups (broad SMARTS) is 1. The Morgan fingerprint density at radius 2 is 1.18 bits per heavy atom. The number of carbonyl (C=O) groups is 3. The molecule has 0 aromatic heterocycles. The molecule has 0 aromatic rings. The quantitative estimate of drug-likeness (QED) is 0.0295. The average molecular weight is 690 g/mol. The van der Waals surface area contributed by atoms with Crippen LogP contribution in [0, 0.1) is 0 Å². The largest absolute Gasteiger partial charge is 0.544 e. The van der Waals surface area contributed by atoms with Gasteiger partial charge in [-0.2, -0.15) is 0 Å². The van der Waals surface area contributed by atoms with Crippen LogP contribution in [-0.2, 0) is 28.6 Å². The molecule has 0 saturated carbocycles. The molecule has 0 N–H and O–H groups in total. The Kier molecular flexibility index (Phi) is 30.7. The number of allylic oxidation sites excluding steroid dienone is 8. The second-order valence-electron chi connectivity index (χ2n) is 13.8. The fourth-order valence-corrected chi connectivity index (χ4v) is 5.22. The van der Waals surface area contributed by atoms with Crippen LogP contribution in [0.1, 0.15) is 142 Å². The van der Waals surface area contributed by atoms with Gasteiger partial charge in [0.1, 0.15) is 12.6 Å². The number of esters is 2. The first-order chi connectivity index (χ1) is 23.6. The number of ether oxygens (including phenoxy) is 3. The van der Waals surface area contributed by atoms with E-state index in [-0.39, 0.29) is 49.1 Å². The number of carboxylic acids is 1. The molecular formula is C41H71NO7. The van der Waals surface area contributed by atoms with Crippen LogP contribution >= 0.6 is 0 Å². The monoisotopic (exact) mass is 690 g/mol. The van der Waals surface area contributed by atoms with Gasteiger partial charge in [0.05, 0.1) is 40.3 Å². The molecule has 0 aromatic carbocycles. The smallest absolute Gasteiger partial charge is 0.306 e. The van der Waals surface area contributed by atoms with Crippen LogP contribution < -0.4 is 5.11 Å². The van der Waals surface area contributed by atoms with E-state index in [1.54, 1.807) is 21.1 Å². The second kappa shape index (κ2) is 32.5. The number of likely N-dealkylation sites (N-methyl/N-ethyl adjacent to an activating group) is 1. The van der Waals surface area contributed by atoms with Crippen molar-refractivity contribution in [2.24, 2.45) is 0 Å². The van der Waals surface area contributed by atoms with Crippen LogP contribution in [0.2, 0.25) is 0 Å². The van der Waals surface area contributed by atoms with Gasteiger partial charge in [-0.05, 0) is 57.8 Å². The van der Waals surface area contributed by atoms with Gasteiger partial charge < -0.3 is 28.6 Å². The molecule has 0 aliphatic carbocycles. The van der Waals surface area contributed by atoms with Crippen LogP contribution in [0.5, 0.6) is 0 Å². The molecular weight excluding hydrogens is 618 g/mol. The lowest BCUT2D eigenvalue weighted by Crippen LogP contribution is -2.55. The molecule has 0 saturated heterocycles. The van der Waals surface area contributed by atoms with Crippen molar-refractivity contribution >= 4 is 17.9 Å². The highest BCUT2D eigenvalue weighted by Crippen LogP contribution is 2.11. The van der Waals surface area contributed by atoms with Crippen molar-refractivity contribution in [1.82, 2.24) is 0 Å². The number of carbonyl (C=O) groups excluding carboxylic acids is 3. The summed E-state index contributed by atoms with van der Waals surface area (Å²) in [7, 11) is 5.37. The minimum atomic E-state index is -1.14. The fourth-order valence-electron chi connectivity index (χ4n) is 5.22. The minimum absolute atomic E-state index is 0.0124. The summed E-state index contributed by atoms with van der Waals surface area (Å²) < 4.78 is 17.0. The van der Waals surface area contributed by atoms with Gasteiger partial charge in [-0.3, -0.25) is 9.59 Å². The Bertz CT molecular complexity index is 948. The summed E-state index contributed by atoms with van der Waals surface area (Å²) in [5.41, 5.74) is 0. The summed E-state index contributed by atoms with van der Waals surface area (Å²) in [5, 5.41) is 11.6. The van der Waals surface area contributed by atoms with E-state index in [0.29, 0.717) is 12.8 Å². The summed E-state index contributed by atoms with van der Waals surface area (Å²) in [6.07, 6.45) is 35.8. The van der Waals surface area contributed by atoms with Gasteiger partial charge in [-0.25, -0.2) is 0 Å². The van der Waals surface area contributed by atoms with E-state index < -0.39 is 18.1 Å². The predicted molar refractivity (Wildman–Crippen MR) is 199 cm³/mol. The molecule has 0 radical (unpaired) electrons. The highest BCUT2D eigenvalue weighted by molar-refractivity contribution is 5.70. The van der Waals surface area contributed by atoms with E-state index in [2.05, 4.69) is 56.4 Å². The number of nitrogens with zero attached hydrogens (tertiary/aromatic N) is 1. The third-order valence-corrected chi connectivity index (χ3v) is 8.21. The van der Waals surface area contributed by atoms with Gasteiger partial charge in [-0.1, -0.05) is 114 Å². The standard InChI is InChI=1S/C41H71NO7/c1-6-8-10-12-14-16-18-20-22-24-26-28-30-32-40(44)49-37(35-47-34-33-38(41(45)46)42(3,4)5)36-48-39(43)31-29-27-25-23-21-19-17-15-13-11-9-7-2/h9,11,15,17,20,22,26,28,37-38H,6-8,10,12-14,16,18-19,21,23-25,27,29-36H2,1-5H3/b11-9+,17-15+,22-20+,28-26+. The van der Waals surface area contributed by atoms with Crippen molar-refractivity contribution in [3.05, 3.63) is 48.6 Å². The molecule has 282 valence electrons. The topological polar surface area (TPSA) is 102 Å². The van der Waals surface area contributed by atoms with Gasteiger partial charge in [0, 0.05) is 19.3 Å². The molecule has 49 heavy (non-hydrogen) atoms. The van der Waals surface area contributed by atoms with Crippen molar-refractivity contribution < 1.29 is 38.2 Å². The first kappa shape index (κ1) is 46.3. The Labute approximate surface area is 299 Å². The first-order valence-corrected chi connectivity index (χ1v) is 19.2. The van der Waals surface area contributed by atoms with Gasteiger partial charge in [0.2, 0.25) is 0 Å². The molecule has 0 heterocycles. The van der Waals surface area contributed by atoms with Crippen molar-refractivity contribution in [2.75, 3.05) is 41.0 Å². The average Bonchev–Trinajstić information content (AvgIpc) is 3.05. The Morgan fingerprint density at radius 3 is 1.76 bits per heavy atom. The molecule has 8 heteroatoms. The van der Waals surface area contributed by atoms with E-state index in [1.807, 2.05) is 6.08 Å². The predicted octanol–water partition coefficient (Wildman–Crippen LogP) is 8.35. The van der Waals surface area contributed by atoms with Crippen molar-refractivity contribution in [1.29, 1.82) is 0 Å². The summed E-state index contributed by atoms with van der Waals surface area (Å²) in [4.78, 5) is 36.6. The molecule has 0 rings (SSSR count). The maximum Gasteiger partial charge on any atom is 0.306 e. The normalized spacial score (nSPS) is 13.6. The molecule has 0 bridgehead atoms. The fraction of sp³-hybridized carbons (Fsp3) is 0.732. The van der Waals surface area contributed by atoms with Crippen LogP contribution in [0.4, 0.5) is 0 Å². The zero-order chi connectivity index (χ0) is 36.4. The second-order valence-corrected chi connectivity index (χ2v) is 13.8. The zero-order valence-electron chi connectivity index (χ0n) is 31.8. The van der Waals surface area contributed by atoms with E-state index >= 15 is 0 Å². The third-order valence-electron chi connectivity index (χ3n) is 8.21. The lowest BCUT2D eigenvalue weighted by molar-refractivity contribution is -0.889. The molecule has 2 atom stereocenters. The van der Waals surface area contributed by atoms with E-state index in [1.165, 1.54) is 38.5 Å². The first-order valence-electron chi connectivity index (χ1n) is 19.2. The van der Waals surface area contributed by atoms with E-state index in [0.717, 1.165) is 64.2 Å². The number of hydrogen-bond acceptors (Lipinski definition) is 7. The summed E-state index contributed by atoms with van der Waals surface area (Å²) in [6.45, 7) is 4.44. The van der Waals surface area contributed by atoms with E-state index in [4.69, 9.17) is 14.2 Å². The number of unbranched alkanes of at least 4 members (excludes halogenated alkanes) is 11. The van der Waals surface area contributed by atoms with Gasteiger partial charge >= 0.3 is 11.9 Å². The van der Waals surface area contributed by atoms with E-state index in [9.17, 15) is 19.5 Å². The zero-order valence-corrected chi connectivity index (χ0v) is 31.8. The van der Waals surface area contributed by atoms with Gasteiger partial charge in [0.25, 0.3) is 0 Å². The van der Waals surface area contributed by atoms with Crippen LogP contribution in [0.15, 0.2) is 48.6 Å². The van der Waals surface area contributed by atoms with Gasteiger partial charge in [-0.15, -0.1) is 0 Å².